The van der Waals surface area contributed by atoms with Gasteiger partial charge in [-0.3, -0.25) is 5.10 Å². The molecule has 1 unspecified atom stereocenters. The number of nitrogens with one attached hydrogen (secondary N) is 2. The quantitative estimate of drug-likeness (QED) is 0.563. The molecule has 0 amide bonds. The molecular formula is C18H12N6OS. The standard InChI is InChI=1S/C18H12N6OS/c1-9-5-6-14(26-9)17-11(7-19)15(12-8-20-22-18(12)21-17)10-3-2-4-13-16(10)24-25-23-13/h2-6,8,15H,1H3,(H2,20,21,22). The van der Waals surface area contributed by atoms with Gasteiger partial charge in [0.25, 0.3) is 0 Å². The number of aromatic amines is 1. The SMILES string of the molecule is Cc1ccc(C2=C(C#N)C(c3cccc4nonc34)c3c[nH]nc3N2)s1. The van der Waals surface area contributed by atoms with Gasteiger partial charge in [0.15, 0.2) is 5.82 Å². The van der Waals surface area contributed by atoms with Crippen molar-refractivity contribution in [1.29, 1.82) is 5.26 Å². The molecular weight excluding hydrogens is 348 g/mol. The largest absolute Gasteiger partial charge is 0.336 e. The van der Waals surface area contributed by atoms with Crippen LogP contribution in [-0.2, 0) is 0 Å². The first kappa shape index (κ1) is 14.9. The maximum atomic E-state index is 10.0. The van der Waals surface area contributed by atoms with Gasteiger partial charge in [0.05, 0.1) is 28.1 Å². The summed E-state index contributed by atoms with van der Waals surface area (Å²) in [4.78, 5) is 2.18. The van der Waals surface area contributed by atoms with Gasteiger partial charge in [-0.25, -0.2) is 4.63 Å². The van der Waals surface area contributed by atoms with Gasteiger partial charge >= 0.3 is 0 Å². The maximum Gasteiger partial charge on any atom is 0.156 e. The number of nitrogens with zero attached hydrogens (tertiary/aromatic N) is 4. The third-order valence-corrected chi connectivity index (χ3v) is 5.54. The van der Waals surface area contributed by atoms with E-state index in [0.29, 0.717) is 22.4 Å². The summed E-state index contributed by atoms with van der Waals surface area (Å²) in [5.74, 6) is 0.409. The van der Waals surface area contributed by atoms with Crippen LogP contribution in [0.4, 0.5) is 5.82 Å². The number of fused-ring (bicyclic) bond motifs is 2. The van der Waals surface area contributed by atoms with Gasteiger partial charge in [-0.15, -0.1) is 11.3 Å². The Kier molecular flexibility index (Phi) is 3.17. The molecule has 1 aliphatic heterocycles. The molecule has 7 nitrogen and oxygen atoms in total. The lowest BCUT2D eigenvalue weighted by Crippen LogP contribution is -2.16. The number of allylic oxidation sites excluding steroid dienone is 1. The normalized spacial score (nSPS) is 16.4. The van der Waals surface area contributed by atoms with Gasteiger partial charge in [0.1, 0.15) is 11.0 Å². The average molecular weight is 360 g/mol. The molecule has 0 fully saturated rings. The topological polar surface area (TPSA) is 103 Å². The fraction of sp³-hybridized carbons (Fsp3) is 0.111. The monoisotopic (exact) mass is 360 g/mol. The summed E-state index contributed by atoms with van der Waals surface area (Å²) in [6.45, 7) is 2.04. The van der Waals surface area contributed by atoms with Gasteiger partial charge < -0.3 is 5.32 Å². The van der Waals surface area contributed by atoms with E-state index in [-0.39, 0.29) is 5.92 Å². The fourth-order valence-electron chi connectivity index (χ4n) is 3.37. The first-order valence-corrected chi connectivity index (χ1v) is 8.81. The molecule has 1 aliphatic rings. The van der Waals surface area contributed by atoms with E-state index in [1.807, 2.05) is 43.5 Å². The lowest BCUT2D eigenvalue weighted by Gasteiger charge is -2.25. The Morgan fingerprint density at radius 1 is 1.19 bits per heavy atom. The smallest absolute Gasteiger partial charge is 0.156 e. The van der Waals surface area contributed by atoms with Crippen molar-refractivity contribution in [3.05, 3.63) is 63.0 Å². The van der Waals surface area contributed by atoms with Crippen molar-refractivity contribution in [3.63, 3.8) is 0 Å². The van der Waals surface area contributed by atoms with Crippen molar-refractivity contribution in [2.75, 3.05) is 5.32 Å². The first-order valence-electron chi connectivity index (χ1n) is 7.99. The molecule has 0 saturated carbocycles. The third kappa shape index (κ3) is 2.08. The summed E-state index contributed by atoms with van der Waals surface area (Å²) in [6, 6.07) is 12.2. The van der Waals surface area contributed by atoms with Crippen LogP contribution in [0.2, 0.25) is 0 Å². The number of hydrogen-bond acceptors (Lipinski definition) is 7. The number of aromatic nitrogens is 4. The minimum Gasteiger partial charge on any atom is -0.336 e. The van der Waals surface area contributed by atoms with Crippen molar-refractivity contribution in [1.82, 2.24) is 20.5 Å². The Labute approximate surface area is 151 Å². The molecule has 26 heavy (non-hydrogen) atoms. The summed E-state index contributed by atoms with van der Waals surface area (Å²) in [7, 11) is 0. The Morgan fingerprint density at radius 2 is 2.12 bits per heavy atom. The number of anilines is 1. The van der Waals surface area contributed by atoms with Crippen LogP contribution in [0.3, 0.4) is 0 Å². The molecule has 0 aliphatic carbocycles. The van der Waals surface area contributed by atoms with Gasteiger partial charge in [0, 0.05) is 16.6 Å². The number of aryl methyl sites for hydroxylation is 1. The van der Waals surface area contributed by atoms with Crippen molar-refractivity contribution < 1.29 is 4.63 Å². The summed E-state index contributed by atoms with van der Waals surface area (Å²) < 4.78 is 4.91. The third-order valence-electron chi connectivity index (χ3n) is 4.52. The van der Waals surface area contributed by atoms with Gasteiger partial charge in [-0.1, -0.05) is 12.1 Å². The first-order chi connectivity index (χ1) is 12.8. The highest BCUT2D eigenvalue weighted by Gasteiger charge is 2.34. The second-order valence-corrected chi connectivity index (χ2v) is 7.33. The molecule has 0 radical (unpaired) electrons. The van der Waals surface area contributed by atoms with Crippen LogP contribution in [0.25, 0.3) is 16.7 Å². The Bertz CT molecular complexity index is 1210. The lowest BCUT2D eigenvalue weighted by atomic mass is 9.82. The van der Waals surface area contributed by atoms with E-state index in [0.717, 1.165) is 21.7 Å². The van der Waals surface area contributed by atoms with E-state index in [1.54, 1.807) is 11.3 Å². The Balaban J connectivity index is 1.80. The Morgan fingerprint density at radius 3 is 2.92 bits per heavy atom. The van der Waals surface area contributed by atoms with Crippen LogP contribution in [-0.4, -0.2) is 20.5 Å². The number of rotatable bonds is 2. The molecule has 2 N–H and O–H groups in total. The molecule has 8 heteroatoms. The predicted molar refractivity (Wildman–Crippen MR) is 97.4 cm³/mol. The molecule has 0 saturated heterocycles. The lowest BCUT2D eigenvalue weighted by molar-refractivity contribution is 0.315. The van der Waals surface area contributed by atoms with Crippen LogP contribution in [0.15, 0.2) is 46.7 Å². The minimum atomic E-state index is -0.303. The average Bonchev–Trinajstić information content (AvgIpc) is 3.39. The van der Waals surface area contributed by atoms with Crippen LogP contribution in [0.1, 0.15) is 26.8 Å². The predicted octanol–water partition coefficient (Wildman–Crippen LogP) is 3.81. The number of H-pyrrole nitrogens is 1. The van der Waals surface area contributed by atoms with Gasteiger partial charge in [-0.2, -0.15) is 10.4 Å². The molecule has 0 spiro atoms. The molecule has 126 valence electrons. The van der Waals surface area contributed by atoms with E-state index < -0.39 is 0 Å². The Hall–Kier alpha value is -3.44. The fourth-order valence-corrected chi connectivity index (χ4v) is 4.25. The highest BCUT2D eigenvalue weighted by molar-refractivity contribution is 7.13. The highest BCUT2D eigenvalue weighted by Crippen LogP contribution is 2.45. The number of hydrogen-bond donors (Lipinski definition) is 2. The summed E-state index contributed by atoms with van der Waals surface area (Å²) in [5.41, 5.74) is 4.49. The van der Waals surface area contributed by atoms with E-state index in [9.17, 15) is 5.26 Å². The second kappa shape index (κ2) is 5.54. The van der Waals surface area contributed by atoms with E-state index in [2.05, 4.69) is 31.9 Å². The zero-order chi connectivity index (χ0) is 17.7. The zero-order valence-corrected chi connectivity index (χ0v) is 14.5. The van der Waals surface area contributed by atoms with E-state index >= 15 is 0 Å². The van der Waals surface area contributed by atoms with Crippen LogP contribution < -0.4 is 5.32 Å². The highest BCUT2D eigenvalue weighted by atomic mass is 32.1. The van der Waals surface area contributed by atoms with Gasteiger partial charge in [-0.05, 0) is 41.0 Å². The van der Waals surface area contributed by atoms with Crippen molar-refractivity contribution >= 4 is 33.9 Å². The summed E-state index contributed by atoms with van der Waals surface area (Å²) in [6.07, 6.45) is 1.81. The van der Waals surface area contributed by atoms with Crippen LogP contribution in [0, 0.1) is 18.3 Å². The molecule has 3 aromatic heterocycles. The van der Waals surface area contributed by atoms with Gasteiger partial charge in [0.2, 0.25) is 0 Å². The number of thiophene rings is 1. The maximum absolute atomic E-state index is 10.0. The second-order valence-electron chi connectivity index (χ2n) is 6.04. The van der Waals surface area contributed by atoms with E-state index in [1.165, 1.54) is 4.88 Å². The summed E-state index contributed by atoms with van der Waals surface area (Å²) >= 11 is 1.64. The zero-order valence-electron chi connectivity index (χ0n) is 13.6. The molecule has 1 atom stereocenters. The molecule has 5 rings (SSSR count). The van der Waals surface area contributed by atoms with E-state index in [4.69, 9.17) is 4.63 Å². The van der Waals surface area contributed by atoms with Crippen LogP contribution in [0.5, 0.6) is 0 Å². The van der Waals surface area contributed by atoms with Crippen LogP contribution >= 0.6 is 11.3 Å². The van der Waals surface area contributed by atoms with Crippen molar-refractivity contribution in [2.45, 2.75) is 12.8 Å². The number of benzene rings is 1. The molecule has 1 aromatic carbocycles. The molecule has 4 heterocycles. The molecule has 0 bridgehead atoms. The summed E-state index contributed by atoms with van der Waals surface area (Å²) in [5, 5.41) is 28.5. The number of nitriles is 1. The van der Waals surface area contributed by atoms with Crippen molar-refractivity contribution in [2.24, 2.45) is 0 Å². The minimum absolute atomic E-state index is 0.303. The van der Waals surface area contributed by atoms with Crippen molar-refractivity contribution in [3.8, 4) is 6.07 Å². The molecule has 4 aromatic rings.